The van der Waals surface area contributed by atoms with Gasteiger partial charge in [0.15, 0.2) is 0 Å². The van der Waals surface area contributed by atoms with Gasteiger partial charge in [0.05, 0.1) is 0 Å². The van der Waals surface area contributed by atoms with Crippen molar-refractivity contribution in [3.8, 4) is 0 Å². The second kappa shape index (κ2) is 4.72. The van der Waals surface area contributed by atoms with E-state index in [4.69, 9.17) is 2.76 Å². The summed E-state index contributed by atoms with van der Waals surface area (Å²) in [7, 11) is 0.921. The third-order valence-corrected chi connectivity index (χ3v) is 4.14. The van der Waals surface area contributed by atoms with Crippen LogP contribution in [0.2, 0.25) is 0 Å². The van der Waals surface area contributed by atoms with Crippen molar-refractivity contribution in [1.82, 2.24) is 0 Å². The van der Waals surface area contributed by atoms with Crippen LogP contribution in [0.3, 0.4) is 0 Å². The molecule has 0 saturated heterocycles. The first-order chi connectivity index (χ1) is 2.41. The molecule has 0 radical (unpaired) electrons. The van der Waals surface area contributed by atoms with Gasteiger partial charge in [0.1, 0.15) is 0 Å². The van der Waals surface area contributed by atoms with Crippen molar-refractivity contribution in [3.63, 3.8) is 0 Å². The summed E-state index contributed by atoms with van der Waals surface area (Å²) < 4.78 is 6.87. The molecule has 30 valence electrons. The molecule has 0 rings (SSSR count). The zero-order valence-electron chi connectivity index (χ0n) is 3.40. The summed E-state index contributed by atoms with van der Waals surface area (Å²) in [6.45, 7) is 3.54. The van der Waals surface area contributed by atoms with Crippen molar-refractivity contribution in [2.24, 2.45) is 0 Å². The van der Waals surface area contributed by atoms with Gasteiger partial charge < -0.3 is 0 Å². The van der Waals surface area contributed by atoms with E-state index >= 15 is 0 Å². The average Bonchev–Trinajstić information content (AvgIpc) is 1.41. The van der Waals surface area contributed by atoms with Gasteiger partial charge in [0, 0.05) is 0 Å². The predicted molar refractivity (Wildman–Crippen MR) is 29.8 cm³/mol. The molecule has 0 aromatic heterocycles. The van der Waals surface area contributed by atoms with E-state index in [9.17, 15) is 0 Å². The van der Waals surface area contributed by atoms with Crippen molar-refractivity contribution in [2.75, 3.05) is 0 Å². The van der Waals surface area contributed by atoms with Crippen LogP contribution in [-0.4, -0.2) is 32.0 Å². The van der Waals surface area contributed by atoms with Gasteiger partial charge in [-0.1, -0.05) is 0 Å². The zero-order valence-corrected chi connectivity index (χ0v) is 9.44. The Balaban J connectivity index is 2.40. The molecule has 5 heavy (non-hydrogen) atoms. The Hall–Kier alpha value is 0.716. The molecule has 0 N–H and O–H groups in total. The van der Waals surface area contributed by atoms with Gasteiger partial charge >= 0.3 is 45.5 Å². The molecule has 0 fully saturated rings. The van der Waals surface area contributed by atoms with Gasteiger partial charge in [-0.3, -0.25) is 0 Å². The van der Waals surface area contributed by atoms with Crippen LogP contribution in [0.15, 0.2) is 10.7 Å². The molecule has 0 unspecified atom stereocenters. The summed E-state index contributed by atoms with van der Waals surface area (Å²) in [4.78, 5) is 0. The van der Waals surface area contributed by atoms with Crippen LogP contribution in [0.5, 0.6) is 0 Å². The summed E-state index contributed by atoms with van der Waals surface area (Å²) in [5.74, 6) is 0. The van der Waals surface area contributed by atoms with E-state index in [0.29, 0.717) is 0 Å². The fourth-order valence-corrected chi connectivity index (χ4v) is 2.37. The first-order valence-corrected chi connectivity index (χ1v) is 6.31. The van der Waals surface area contributed by atoms with Gasteiger partial charge in [0.25, 0.3) is 0 Å². The number of rotatable bonds is 2. The zero-order chi connectivity index (χ0) is 4.12. The Morgan fingerprint density at radius 1 is 2.00 bits per heavy atom. The Kier molecular flexibility index (Phi) is 5.39. The van der Waals surface area contributed by atoms with Crippen molar-refractivity contribution in [2.45, 2.75) is 0 Å². The molecule has 0 aliphatic heterocycles. The van der Waals surface area contributed by atoms with Crippen molar-refractivity contribution in [1.29, 1.82) is 0 Å². The normalized spacial score (nSPS) is 10.4. The Morgan fingerprint density at radius 2 is 2.60 bits per heavy atom. The number of hydrogen-bond acceptors (Lipinski definition) is 1. The molecule has 3 heteroatoms. The Labute approximate surface area is 45.7 Å². The van der Waals surface area contributed by atoms with E-state index in [1.807, 2.05) is 4.09 Å². The van der Waals surface area contributed by atoms with Gasteiger partial charge in [-0.2, -0.15) is 0 Å². The quantitative estimate of drug-likeness (QED) is 0.487. The van der Waals surface area contributed by atoms with Crippen molar-refractivity contribution >= 4 is 32.0 Å². The van der Waals surface area contributed by atoms with Crippen LogP contribution in [0.1, 0.15) is 0 Å². The van der Waals surface area contributed by atoms with E-state index in [2.05, 4.69) is 6.58 Å². The summed E-state index contributed by atoms with van der Waals surface area (Å²) in [5, 5.41) is 0. The van der Waals surface area contributed by atoms with Gasteiger partial charge in [-0.25, -0.2) is 0 Å². The summed E-state index contributed by atoms with van der Waals surface area (Å²) in [6, 6.07) is 0. The van der Waals surface area contributed by atoms with Crippen molar-refractivity contribution < 1.29 is 2.76 Å². The predicted octanol–water partition coefficient (Wildman–Crippen LogP) is -1.49. The van der Waals surface area contributed by atoms with Crippen LogP contribution in [-0.2, 0) is 2.76 Å². The molecule has 0 aliphatic rings. The number of hydrogen-bond donors (Lipinski definition) is 0. The Morgan fingerprint density at radius 3 is 2.60 bits per heavy atom. The standard InChI is InChI=1S/C2H3.H3OSi.Sn.2H/c2*1-2;;;/h1H,2H2;2H3;;;/q;-1;+1;;. The van der Waals surface area contributed by atoms with Gasteiger partial charge in [0.2, 0.25) is 0 Å². The average molecular weight is 195 g/mol. The van der Waals surface area contributed by atoms with Crippen LogP contribution in [0.25, 0.3) is 0 Å². The second-order valence-electron chi connectivity index (χ2n) is 0.744. The maximum absolute atomic E-state index is 4.92. The van der Waals surface area contributed by atoms with E-state index < -0.39 is 21.6 Å². The van der Waals surface area contributed by atoms with E-state index in [0.717, 1.165) is 10.5 Å². The molecular formula is C2H8OSiSn. The van der Waals surface area contributed by atoms with Crippen LogP contribution < -0.4 is 0 Å². The Bertz CT molecular complexity index is 30.8. The van der Waals surface area contributed by atoms with E-state index in [1.165, 1.54) is 0 Å². The summed E-state index contributed by atoms with van der Waals surface area (Å²) in [5.41, 5.74) is 0. The van der Waals surface area contributed by atoms with Crippen LogP contribution in [0, 0.1) is 0 Å². The molecule has 0 aromatic rings. The molecular weight excluding hydrogens is 187 g/mol. The monoisotopic (exact) mass is 196 g/mol. The molecule has 0 amide bonds. The van der Waals surface area contributed by atoms with E-state index in [1.54, 1.807) is 0 Å². The van der Waals surface area contributed by atoms with Gasteiger partial charge in [-0.15, -0.1) is 0 Å². The summed E-state index contributed by atoms with van der Waals surface area (Å²) in [6.07, 6.45) is 0. The maximum atomic E-state index is 4.92. The molecule has 0 spiro atoms. The molecule has 0 bridgehead atoms. The SMILES string of the molecule is C=[CH][SnH2][O][SiH3]. The summed E-state index contributed by atoms with van der Waals surface area (Å²) >= 11 is -0.732. The molecule has 0 heterocycles. The van der Waals surface area contributed by atoms with Crippen molar-refractivity contribution in [3.05, 3.63) is 10.7 Å². The third kappa shape index (κ3) is 4.72. The third-order valence-electron chi connectivity index (χ3n) is 0.285. The molecule has 0 atom stereocenters. The van der Waals surface area contributed by atoms with Crippen LogP contribution >= 0.6 is 0 Å². The molecule has 0 aromatic carbocycles. The fourth-order valence-electron chi connectivity index (χ4n) is 0.118. The van der Waals surface area contributed by atoms with Gasteiger partial charge in [-0.05, 0) is 0 Å². The molecule has 1 nitrogen and oxygen atoms in total. The fraction of sp³-hybridized carbons (Fsp3) is 0. The molecule has 0 aliphatic carbocycles. The van der Waals surface area contributed by atoms with Crippen LogP contribution in [0.4, 0.5) is 0 Å². The first-order valence-electron chi connectivity index (χ1n) is 1.51. The second-order valence-corrected chi connectivity index (χ2v) is 8.86. The minimum absolute atomic E-state index is 0.732. The molecule has 0 saturated carbocycles. The van der Waals surface area contributed by atoms with E-state index in [-0.39, 0.29) is 0 Å². The topological polar surface area (TPSA) is 9.23 Å². The first kappa shape index (κ1) is 5.72. The minimum atomic E-state index is -0.732.